The molecular formula is C21H21FN4O3S. The number of halogens is 1. The molecule has 9 heteroatoms. The van der Waals surface area contributed by atoms with Crippen LogP contribution in [-0.2, 0) is 22.9 Å². The molecule has 0 aliphatic heterocycles. The molecule has 0 saturated carbocycles. The number of rotatable bonds is 5. The quantitative estimate of drug-likeness (QED) is 0.650. The number of carbonyl (C=O) groups is 1. The van der Waals surface area contributed by atoms with Crippen LogP contribution in [-0.4, -0.2) is 30.4 Å². The highest BCUT2D eigenvalue weighted by atomic mass is 32.2. The summed E-state index contributed by atoms with van der Waals surface area (Å²) in [5, 5.41) is 7.34. The smallest absolute Gasteiger partial charge is 0.276 e. The Bertz CT molecular complexity index is 1200. The Balaban J connectivity index is 1.65. The molecule has 156 valence electrons. The highest BCUT2D eigenvalue weighted by Gasteiger charge is 2.25. The van der Waals surface area contributed by atoms with Gasteiger partial charge in [0.1, 0.15) is 5.82 Å². The van der Waals surface area contributed by atoms with Crippen LogP contribution < -0.4 is 10.0 Å². The van der Waals surface area contributed by atoms with Crippen LogP contribution in [0.1, 0.15) is 34.6 Å². The summed E-state index contributed by atoms with van der Waals surface area (Å²) in [7, 11) is -3.42. The number of amides is 1. The number of anilines is 2. The van der Waals surface area contributed by atoms with Gasteiger partial charge in [-0.3, -0.25) is 9.52 Å². The van der Waals surface area contributed by atoms with Crippen molar-refractivity contribution in [1.29, 1.82) is 0 Å². The van der Waals surface area contributed by atoms with E-state index in [1.54, 1.807) is 41.1 Å². The standard InChI is InChI=1S/C21H21FN4O3S/c1-30(28,29)25-16-6-4-5-15(13-16)23-21(27)20-18-7-2-3-8-19(18)26(24-20)17-11-9-14(22)10-12-17/h4-6,9-13,25H,2-3,7-8H2,1H3,(H,23,27). The summed E-state index contributed by atoms with van der Waals surface area (Å²) >= 11 is 0. The first-order chi connectivity index (χ1) is 14.3. The molecule has 30 heavy (non-hydrogen) atoms. The van der Waals surface area contributed by atoms with Gasteiger partial charge in [0.25, 0.3) is 5.91 Å². The van der Waals surface area contributed by atoms with Crippen molar-refractivity contribution >= 4 is 27.3 Å². The molecule has 0 saturated heterocycles. The van der Waals surface area contributed by atoms with Crippen LogP contribution in [0.4, 0.5) is 15.8 Å². The molecule has 1 aliphatic carbocycles. The third kappa shape index (κ3) is 4.35. The molecule has 1 aromatic heterocycles. The third-order valence-electron chi connectivity index (χ3n) is 4.89. The zero-order valence-corrected chi connectivity index (χ0v) is 17.2. The summed E-state index contributed by atoms with van der Waals surface area (Å²) < 4.78 is 40.3. The second-order valence-corrected chi connectivity index (χ2v) is 9.03. The SMILES string of the molecule is CS(=O)(=O)Nc1cccc(NC(=O)c2nn(-c3ccc(F)cc3)c3c2CCCC3)c1. The maximum absolute atomic E-state index is 13.3. The van der Waals surface area contributed by atoms with E-state index in [9.17, 15) is 17.6 Å². The number of hydrogen-bond acceptors (Lipinski definition) is 4. The van der Waals surface area contributed by atoms with Gasteiger partial charge in [-0.1, -0.05) is 6.07 Å². The van der Waals surface area contributed by atoms with Crippen molar-refractivity contribution in [3.05, 3.63) is 71.3 Å². The first kappa shape index (κ1) is 20.1. The maximum atomic E-state index is 13.3. The molecule has 7 nitrogen and oxygen atoms in total. The van der Waals surface area contributed by atoms with Crippen LogP contribution in [0, 0.1) is 5.82 Å². The molecule has 2 N–H and O–H groups in total. The second kappa shape index (κ2) is 7.91. The zero-order valence-electron chi connectivity index (χ0n) is 16.4. The van der Waals surface area contributed by atoms with Crippen LogP contribution in [0.15, 0.2) is 48.5 Å². The lowest BCUT2D eigenvalue weighted by Gasteiger charge is -2.14. The van der Waals surface area contributed by atoms with Gasteiger partial charge in [0.2, 0.25) is 10.0 Å². The molecule has 3 aromatic rings. The van der Waals surface area contributed by atoms with Gasteiger partial charge >= 0.3 is 0 Å². The topological polar surface area (TPSA) is 93.1 Å². The van der Waals surface area contributed by atoms with Crippen molar-refractivity contribution in [3.63, 3.8) is 0 Å². The minimum Gasteiger partial charge on any atom is -0.321 e. The van der Waals surface area contributed by atoms with E-state index in [1.807, 2.05) is 0 Å². The Kier molecular flexibility index (Phi) is 5.29. The minimum atomic E-state index is -3.42. The molecule has 0 atom stereocenters. The van der Waals surface area contributed by atoms with Gasteiger partial charge in [0, 0.05) is 16.9 Å². The van der Waals surface area contributed by atoms with E-state index in [0.717, 1.165) is 43.2 Å². The molecule has 1 heterocycles. The number of nitrogens with one attached hydrogen (secondary N) is 2. The van der Waals surface area contributed by atoms with Crippen LogP contribution in [0.25, 0.3) is 5.69 Å². The molecule has 1 amide bonds. The molecule has 4 rings (SSSR count). The zero-order chi connectivity index (χ0) is 21.3. The summed E-state index contributed by atoms with van der Waals surface area (Å²) in [6, 6.07) is 12.5. The Morgan fingerprint density at radius 1 is 1.07 bits per heavy atom. The molecule has 0 unspecified atom stereocenters. The molecule has 1 aliphatic rings. The molecule has 0 bridgehead atoms. The molecule has 0 spiro atoms. The van der Waals surface area contributed by atoms with Crippen molar-refractivity contribution in [2.45, 2.75) is 25.7 Å². The average molecular weight is 428 g/mol. The van der Waals surface area contributed by atoms with Crippen molar-refractivity contribution in [2.24, 2.45) is 0 Å². The normalized spacial score (nSPS) is 13.5. The van der Waals surface area contributed by atoms with E-state index in [4.69, 9.17) is 0 Å². The maximum Gasteiger partial charge on any atom is 0.276 e. The van der Waals surface area contributed by atoms with E-state index in [0.29, 0.717) is 22.8 Å². The van der Waals surface area contributed by atoms with Crippen molar-refractivity contribution in [1.82, 2.24) is 9.78 Å². The number of carbonyl (C=O) groups excluding carboxylic acids is 1. The summed E-state index contributed by atoms with van der Waals surface area (Å²) in [5.74, 6) is -0.703. The first-order valence-electron chi connectivity index (χ1n) is 9.56. The first-order valence-corrected chi connectivity index (χ1v) is 11.5. The van der Waals surface area contributed by atoms with E-state index in [1.165, 1.54) is 12.1 Å². The number of fused-ring (bicyclic) bond motifs is 1. The number of aromatic nitrogens is 2. The van der Waals surface area contributed by atoms with E-state index in [2.05, 4.69) is 15.1 Å². The Morgan fingerprint density at radius 2 is 1.77 bits per heavy atom. The minimum absolute atomic E-state index is 0.329. The van der Waals surface area contributed by atoms with Crippen LogP contribution in [0.3, 0.4) is 0 Å². The Morgan fingerprint density at radius 3 is 2.50 bits per heavy atom. The number of benzene rings is 2. The van der Waals surface area contributed by atoms with Crippen molar-refractivity contribution in [3.8, 4) is 5.69 Å². The third-order valence-corrected chi connectivity index (χ3v) is 5.50. The van der Waals surface area contributed by atoms with Crippen LogP contribution in [0.5, 0.6) is 0 Å². The number of nitrogens with zero attached hydrogens (tertiary/aromatic N) is 2. The van der Waals surface area contributed by atoms with Gasteiger partial charge < -0.3 is 5.32 Å². The fourth-order valence-electron chi connectivity index (χ4n) is 3.64. The molecular weight excluding hydrogens is 407 g/mol. The average Bonchev–Trinajstić information content (AvgIpc) is 3.07. The van der Waals surface area contributed by atoms with E-state index in [-0.39, 0.29) is 11.7 Å². The largest absolute Gasteiger partial charge is 0.321 e. The Labute approximate surface area is 174 Å². The predicted octanol–water partition coefficient (Wildman–Crippen LogP) is 3.51. The lowest BCUT2D eigenvalue weighted by atomic mass is 9.95. The molecule has 0 radical (unpaired) electrons. The highest BCUT2D eigenvalue weighted by Crippen LogP contribution is 2.28. The lowest BCUT2D eigenvalue weighted by Crippen LogP contribution is -2.16. The van der Waals surface area contributed by atoms with E-state index >= 15 is 0 Å². The number of hydrogen-bond donors (Lipinski definition) is 2. The van der Waals surface area contributed by atoms with Crippen molar-refractivity contribution in [2.75, 3.05) is 16.3 Å². The summed E-state index contributed by atoms with van der Waals surface area (Å²) in [5.41, 5.74) is 3.70. The van der Waals surface area contributed by atoms with Crippen LogP contribution in [0.2, 0.25) is 0 Å². The number of sulfonamides is 1. The van der Waals surface area contributed by atoms with Gasteiger partial charge in [0.05, 0.1) is 17.6 Å². The molecule has 2 aromatic carbocycles. The monoisotopic (exact) mass is 428 g/mol. The van der Waals surface area contributed by atoms with Crippen LogP contribution >= 0.6 is 0 Å². The summed E-state index contributed by atoms with van der Waals surface area (Å²) in [6.07, 6.45) is 4.57. The van der Waals surface area contributed by atoms with Gasteiger partial charge in [-0.2, -0.15) is 5.10 Å². The van der Waals surface area contributed by atoms with E-state index < -0.39 is 10.0 Å². The fraction of sp³-hybridized carbons (Fsp3) is 0.238. The molecule has 0 fully saturated rings. The lowest BCUT2D eigenvalue weighted by molar-refractivity contribution is 0.102. The van der Waals surface area contributed by atoms with Gasteiger partial charge in [-0.05, 0) is 68.1 Å². The summed E-state index contributed by atoms with van der Waals surface area (Å²) in [4.78, 5) is 13.0. The van der Waals surface area contributed by atoms with Gasteiger partial charge in [0.15, 0.2) is 5.69 Å². The highest BCUT2D eigenvalue weighted by molar-refractivity contribution is 7.92. The Hall–Kier alpha value is -3.20. The van der Waals surface area contributed by atoms with Gasteiger partial charge in [-0.25, -0.2) is 17.5 Å². The summed E-state index contributed by atoms with van der Waals surface area (Å²) in [6.45, 7) is 0. The van der Waals surface area contributed by atoms with Gasteiger partial charge in [-0.15, -0.1) is 0 Å². The van der Waals surface area contributed by atoms with Crippen molar-refractivity contribution < 1.29 is 17.6 Å². The second-order valence-electron chi connectivity index (χ2n) is 7.28. The predicted molar refractivity (Wildman–Crippen MR) is 113 cm³/mol. The fourth-order valence-corrected chi connectivity index (χ4v) is 4.20.